The normalized spacial score (nSPS) is 11.2. The van der Waals surface area contributed by atoms with Crippen LogP contribution in [0.5, 0.6) is 5.75 Å². The van der Waals surface area contributed by atoms with Gasteiger partial charge in [-0.2, -0.15) is 0 Å². The molecule has 1 N–H and O–H groups in total. The minimum atomic E-state index is -2.56. The van der Waals surface area contributed by atoms with Gasteiger partial charge in [-0.1, -0.05) is 10.2 Å². The molecular formula is C32H49Cl2N9O4Si. The first-order valence-corrected chi connectivity index (χ1v) is 17.4. The van der Waals surface area contributed by atoms with Gasteiger partial charge in [0.1, 0.15) is 17.1 Å². The zero-order valence-electron chi connectivity index (χ0n) is 29.1. The Morgan fingerprint density at radius 3 is 1.50 bits per heavy atom. The van der Waals surface area contributed by atoms with Gasteiger partial charge in [0.05, 0.1) is 60.1 Å². The van der Waals surface area contributed by atoms with Crippen molar-refractivity contribution >= 4 is 37.8 Å². The number of ether oxygens (including phenoxy) is 1. The average Bonchev–Trinajstić information content (AvgIpc) is 3.56. The molecule has 0 fully saturated rings. The molecule has 2 aromatic heterocycles. The fourth-order valence-corrected chi connectivity index (χ4v) is 7.10. The Kier molecular flexibility index (Phi) is 19.5. The molecule has 0 unspecified atom stereocenters. The molecular weight excluding hydrogens is 673 g/mol. The first-order valence-electron chi connectivity index (χ1n) is 15.5. The predicted octanol–water partition coefficient (Wildman–Crippen LogP) is 0.397. The number of nitrogens with one attached hydrogen (secondary N) is 1. The number of imidazole rings is 2. The molecule has 0 aliphatic heterocycles. The van der Waals surface area contributed by atoms with Crippen molar-refractivity contribution in [3.8, 4) is 5.75 Å². The molecule has 0 radical (unpaired) electrons. The van der Waals surface area contributed by atoms with Crippen molar-refractivity contribution < 1.29 is 52.0 Å². The number of azo groups is 2. The highest BCUT2D eigenvalue weighted by atomic mass is 35.5. The molecule has 0 saturated heterocycles. The van der Waals surface area contributed by atoms with Crippen LogP contribution >= 0.6 is 0 Å². The van der Waals surface area contributed by atoms with Crippen LogP contribution in [0.15, 0.2) is 93.8 Å². The van der Waals surface area contributed by atoms with E-state index >= 15 is 0 Å². The minimum absolute atomic E-state index is 0. The molecule has 4 rings (SSSR count). The number of methoxy groups -OCH3 is 1. The lowest BCUT2D eigenvalue weighted by atomic mass is 10.3. The molecule has 13 nitrogen and oxygen atoms in total. The zero-order chi connectivity index (χ0) is 33.4. The fraction of sp³-hybridized carbons (Fsp3) is 0.438. The summed E-state index contributed by atoms with van der Waals surface area (Å²) in [6.45, 7) is 8.59. The monoisotopic (exact) mass is 721 g/mol. The van der Waals surface area contributed by atoms with Gasteiger partial charge >= 0.3 is 20.7 Å². The highest BCUT2D eigenvalue weighted by Crippen LogP contribution is 2.22. The minimum Gasteiger partial charge on any atom is -1.00 e. The molecule has 0 atom stereocenters. The average molecular weight is 723 g/mol. The van der Waals surface area contributed by atoms with E-state index in [4.69, 9.17) is 18.0 Å². The van der Waals surface area contributed by atoms with Gasteiger partial charge in [0.25, 0.3) is 0 Å². The second-order valence-electron chi connectivity index (χ2n) is 10.3. The van der Waals surface area contributed by atoms with E-state index in [1.165, 1.54) is 0 Å². The van der Waals surface area contributed by atoms with Crippen LogP contribution in [0.3, 0.4) is 0 Å². The molecule has 2 heterocycles. The first-order chi connectivity index (χ1) is 22.2. The fourth-order valence-electron chi connectivity index (χ4n) is 4.49. The number of rotatable bonds is 16. The van der Waals surface area contributed by atoms with Crippen LogP contribution in [-0.2, 0) is 41.5 Å². The van der Waals surface area contributed by atoms with E-state index in [1.54, 1.807) is 7.11 Å². The lowest BCUT2D eigenvalue weighted by Gasteiger charge is -2.28. The number of hydrogen-bond acceptors (Lipinski definition) is 9. The third kappa shape index (κ3) is 13.1. The van der Waals surface area contributed by atoms with Crippen LogP contribution in [0, 0.1) is 0 Å². The third-order valence-electron chi connectivity index (χ3n) is 6.82. The van der Waals surface area contributed by atoms with E-state index in [1.807, 2.05) is 141 Å². The van der Waals surface area contributed by atoms with Gasteiger partial charge in [-0.15, -0.1) is 0 Å². The van der Waals surface area contributed by atoms with Crippen LogP contribution in [-0.4, -0.2) is 51.4 Å². The molecule has 0 bridgehead atoms. The Hall–Kier alpha value is -3.66. The maximum absolute atomic E-state index is 5.89. The van der Waals surface area contributed by atoms with Gasteiger partial charge in [-0.25, -0.2) is 18.3 Å². The molecule has 264 valence electrons. The Morgan fingerprint density at radius 1 is 0.688 bits per heavy atom. The molecule has 2 aromatic carbocycles. The molecule has 16 heteroatoms. The van der Waals surface area contributed by atoms with Gasteiger partial charge in [0.15, 0.2) is 0 Å². The van der Waals surface area contributed by atoms with Gasteiger partial charge in [-0.05, 0) is 75.7 Å². The number of nitrogens with zero attached hydrogens (tertiary/aromatic N) is 8. The molecule has 48 heavy (non-hydrogen) atoms. The van der Waals surface area contributed by atoms with Crippen molar-refractivity contribution in [3.63, 3.8) is 0 Å². The Morgan fingerprint density at radius 2 is 1.12 bits per heavy atom. The largest absolute Gasteiger partial charge is 1.00 e. The van der Waals surface area contributed by atoms with Crippen molar-refractivity contribution in [2.24, 2.45) is 48.6 Å². The number of benzene rings is 2. The van der Waals surface area contributed by atoms with Crippen LogP contribution < -0.4 is 44.0 Å². The van der Waals surface area contributed by atoms with Crippen molar-refractivity contribution in [2.45, 2.75) is 33.2 Å². The molecule has 0 saturated carbocycles. The van der Waals surface area contributed by atoms with E-state index in [0.29, 0.717) is 19.8 Å². The van der Waals surface area contributed by atoms with E-state index in [9.17, 15) is 0 Å². The predicted molar refractivity (Wildman–Crippen MR) is 180 cm³/mol. The summed E-state index contributed by atoms with van der Waals surface area (Å²) < 4.78 is 30.4. The van der Waals surface area contributed by atoms with E-state index in [-0.39, 0.29) is 24.8 Å². The van der Waals surface area contributed by atoms with Crippen molar-refractivity contribution in [2.75, 3.05) is 38.8 Å². The first kappa shape index (κ1) is 42.4. The summed E-state index contributed by atoms with van der Waals surface area (Å²) in [7, 11) is 6.84. The van der Waals surface area contributed by atoms with Crippen molar-refractivity contribution in [1.82, 2.24) is 9.13 Å². The van der Waals surface area contributed by atoms with E-state index in [2.05, 4.69) is 25.8 Å². The van der Waals surface area contributed by atoms with E-state index < -0.39 is 8.80 Å². The summed E-state index contributed by atoms with van der Waals surface area (Å²) in [5.41, 5.74) is 2.66. The molecule has 0 aliphatic carbocycles. The second kappa shape index (κ2) is 22.1. The maximum atomic E-state index is 5.89. The summed E-state index contributed by atoms with van der Waals surface area (Å²) in [6.07, 6.45) is 8.67. The van der Waals surface area contributed by atoms with Crippen LogP contribution in [0.4, 0.5) is 29.0 Å². The third-order valence-corrected chi connectivity index (χ3v) is 9.97. The van der Waals surface area contributed by atoms with Gasteiger partial charge < -0.3 is 48.1 Å². The Labute approximate surface area is 297 Å². The number of halogens is 2. The topological polar surface area (TPSA) is 116 Å². The Bertz CT molecular complexity index is 1480. The van der Waals surface area contributed by atoms with Gasteiger partial charge in [0, 0.05) is 48.3 Å². The molecule has 0 spiro atoms. The van der Waals surface area contributed by atoms with Gasteiger partial charge in [0.2, 0.25) is 0 Å². The number of anilines is 1. The summed E-state index contributed by atoms with van der Waals surface area (Å²) in [6, 6.07) is 16.2. The molecule has 0 aliphatic rings. The van der Waals surface area contributed by atoms with Crippen LogP contribution in [0.25, 0.3) is 0 Å². The SMILES string of the molecule is CCO[Si](CCCNc1ccc(N=Nc2n(C)cc[n+]2C)cc1)(OCC)OCC.COc1ccc(N=Nc2n(C)cc[n+]2C)cc1.[Cl-].[Cl-]. The highest BCUT2D eigenvalue weighted by molar-refractivity contribution is 6.60. The number of aryl methyl sites for hydroxylation is 4. The van der Waals surface area contributed by atoms with Crippen LogP contribution in [0.2, 0.25) is 6.04 Å². The standard InChI is InChI=1S/C20H33N5O3Si.C12H15N4O.2ClH/c1-6-26-29(27-7-2,28-8-3)17-9-14-21-18-10-12-19(13-11-18)22-23-20-24(4)15-16-25(20)5;1-15-8-9-16(2)12(15)14-13-10-4-6-11(17-3)7-5-10;;/h10-13,15-16H,6-9,14,17H2,1-5H3;4-9H,1-3H3;2*1H/q;+1;;/p-1. The van der Waals surface area contributed by atoms with E-state index in [0.717, 1.165) is 53.7 Å². The maximum Gasteiger partial charge on any atom is 0.500 e. The number of aromatic nitrogens is 4. The molecule has 4 aromatic rings. The summed E-state index contributed by atoms with van der Waals surface area (Å²) >= 11 is 0. The quantitative estimate of drug-likeness (QED) is 0.0779. The number of hydrogen-bond donors (Lipinski definition) is 1. The second-order valence-corrected chi connectivity index (χ2v) is 13.0. The summed E-state index contributed by atoms with van der Waals surface area (Å²) in [5.74, 6) is 2.40. The van der Waals surface area contributed by atoms with Gasteiger partial charge in [-0.3, -0.25) is 0 Å². The molecule has 0 amide bonds. The highest BCUT2D eigenvalue weighted by Gasteiger charge is 2.39. The van der Waals surface area contributed by atoms with Crippen LogP contribution in [0.1, 0.15) is 27.2 Å². The van der Waals surface area contributed by atoms with Crippen molar-refractivity contribution in [1.29, 1.82) is 0 Å². The smallest absolute Gasteiger partial charge is 0.500 e. The van der Waals surface area contributed by atoms with Crippen molar-refractivity contribution in [3.05, 3.63) is 73.3 Å². The lowest BCUT2D eigenvalue weighted by Crippen LogP contribution is -3.00. The Balaban J connectivity index is 0.000000518. The summed E-state index contributed by atoms with van der Waals surface area (Å²) in [4.78, 5) is 0. The lowest BCUT2D eigenvalue weighted by molar-refractivity contribution is -0.657. The zero-order valence-corrected chi connectivity index (χ0v) is 31.6. The summed E-state index contributed by atoms with van der Waals surface area (Å²) in [5, 5.41) is 20.4.